The van der Waals surface area contributed by atoms with E-state index in [0.29, 0.717) is 24.8 Å². The van der Waals surface area contributed by atoms with Crippen molar-refractivity contribution in [1.82, 2.24) is 31.1 Å². The van der Waals surface area contributed by atoms with Crippen LogP contribution in [-0.2, 0) is 33.5 Å². The molecule has 272 valence electrons. The highest BCUT2D eigenvalue weighted by molar-refractivity contribution is 6.38. The fraction of sp³-hybridized carbons (Fsp3) is 0.629. The normalized spacial score (nSPS) is 17.7. The Bertz CT molecular complexity index is 1340. The first-order chi connectivity index (χ1) is 22.9. The molecule has 0 saturated carbocycles. The maximum Gasteiger partial charge on any atom is 0.407 e. The Labute approximate surface area is 289 Å². The summed E-state index contributed by atoms with van der Waals surface area (Å²) in [5.74, 6) is -4.04. The van der Waals surface area contributed by atoms with Crippen LogP contribution in [0.5, 0.6) is 0 Å². The van der Waals surface area contributed by atoms with Crippen molar-refractivity contribution in [2.24, 2.45) is 11.3 Å². The number of likely N-dealkylation sites (N-methyl/N-ethyl adjacent to an activating group) is 1. The van der Waals surface area contributed by atoms with Gasteiger partial charge in [-0.1, -0.05) is 78.3 Å². The number of hydrogen-bond acceptors (Lipinski definition) is 8. The van der Waals surface area contributed by atoms with Crippen LogP contribution in [0, 0.1) is 11.3 Å². The molecule has 4 N–H and O–H groups in total. The predicted octanol–water partition coefficient (Wildman–Crippen LogP) is 2.08. The highest BCUT2D eigenvalue weighted by Crippen LogP contribution is 2.29. The largest absolute Gasteiger partial charge is 0.449 e. The van der Waals surface area contributed by atoms with Crippen LogP contribution in [0.25, 0.3) is 0 Å². The predicted molar refractivity (Wildman–Crippen MR) is 183 cm³/mol. The van der Waals surface area contributed by atoms with Gasteiger partial charge in [0.1, 0.15) is 18.1 Å². The number of carbonyl (C=O) groups is 7. The first kappa shape index (κ1) is 40.7. The summed E-state index contributed by atoms with van der Waals surface area (Å²) in [4.78, 5) is 94.5. The number of ketones is 1. The van der Waals surface area contributed by atoms with Crippen molar-refractivity contribution >= 4 is 41.4 Å². The molecule has 1 fully saturated rings. The third kappa shape index (κ3) is 11.9. The Kier molecular flexibility index (Phi) is 15.2. The first-order valence-electron chi connectivity index (χ1n) is 16.8. The van der Waals surface area contributed by atoms with Gasteiger partial charge in [0.25, 0.3) is 5.91 Å². The SMILES string of the molecule is CCCC(NC(=O)C1CCC(C)N1C(=O)C(NC(=O)OCC(C)C)C(C)(C)C)C(=O)C(=O)NCC(=O)NC(C(=O)N(C)C)c1ccccc1. The van der Waals surface area contributed by atoms with Crippen molar-refractivity contribution in [3.8, 4) is 0 Å². The molecular weight excluding hydrogens is 632 g/mol. The maximum absolute atomic E-state index is 13.9. The zero-order valence-electron chi connectivity index (χ0n) is 30.3. The van der Waals surface area contributed by atoms with Gasteiger partial charge in [-0.05, 0) is 43.1 Å². The van der Waals surface area contributed by atoms with E-state index in [2.05, 4.69) is 21.3 Å². The van der Waals surface area contributed by atoms with Crippen molar-refractivity contribution in [1.29, 1.82) is 0 Å². The van der Waals surface area contributed by atoms with Crippen LogP contribution in [0.2, 0.25) is 0 Å². The zero-order chi connectivity index (χ0) is 37.1. The lowest BCUT2D eigenvalue weighted by Crippen LogP contribution is -2.60. The lowest BCUT2D eigenvalue weighted by molar-refractivity contribution is -0.145. The molecule has 6 amide bonds. The average molecular weight is 687 g/mol. The molecule has 1 saturated heterocycles. The summed E-state index contributed by atoms with van der Waals surface area (Å²) in [6.45, 7) is 12.4. The summed E-state index contributed by atoms with van der Waals surface area (Å²) in [6, 6.07) is 4.14. The van der Waals surface area contributed by atoms with E-state index in [1.807, 2.05) is 20.8 Å². The van der Waals surface area contributed by atoms with Gasteiger partial charge >= 0.3 is 6.09 Å². The summed E-state index contributed by atoms with van der Waals surface area (Å²) in [6.07, 6.45) is 0.695. The average Bonchev–Trinajstić information content (AvgIpc) is 3.43. The number of rotatable bonds is 15. The fourth-order valence-electron chi connectivity index (χ4n) is 5.45. The van der Waals surface area contributed by atoms with Crippen LogP contribution < -0.4 is 21.3 Å². The van der Waals surface area contributed by atoms with Crippen molar-refractivity contribution in [3.05, 3.63) is 35.9 Å². The van der Waals surface area contributed by atoms with E-state index < -0.39 is 71.6 Å². The molecule has 0 aliphatic carbocycles. The summed E-state index contributed by atoms with van der Waals surface area (Å²) >= 11 is 0. The van der Waals surface area contributed by atoms with Gasteiger partial charge in [0.2, 0.25) is 29.4 Å². The van der Waals surface area contributed by atoms with Crippen LogP contribution >= 0.6 is 0 Å². The quantitative estimate of drug-likeness (QED) is 0.202. The van der Waals surface area contributed by atoms with E-state index in [1.165, 1.54) is 9.80 Å². The second-order valence-corrected chi connectivity index (χ2v) is 14.2. The molecule has 0 aromatic heterocycles. The molecule has 1 aromatic rings. The van der Waals surface area contributed by atoms with Gasteiger partial charge in [0.15, 0.2) is 0 Å². The monoisotopic (exact) mass is 686 g/mol. The minimum Gasteiger partial charge on any atom is -0.449 e. The van der Waals surface area contributed by atoms with E-state index in [4.69, 9.17) is 4.74 Å². The molecule has 0 bridgehead atoms. The Balaban J connectivity index is 2.12. The number of alkyl carbamates (subject to hydrolysis) is 1. The van der Waals surface area contributed by atoms with Crippen LogP contribution in [0.3, 0.4) is 0 Å². The molecule has 0 radical (unpaired) electrons. The molecule has 5 atom stereocenters. The third-order valence-electron chi connectivity index (χ3n) is 8.12. The van der Waals surface area contributed by atoms with Crippen LogP contribution in [0.4, 0.5) is 4.79 Å². The summed E-state index contributed by atoms with van der Waals surface area (Å²) in [5, 5.41) is 10.2. The number of Topliss-reactive ketones (excluding diaryl/α,β-unsaturated/α-hetero) is 1. The molecule has 1 heterocycles. The number of nitrogens with zero attached hydrogens (tertiary/aromatic N) is 2. The Morgan fingerprint density at radius 3 is 2.14 bits per heavy atom. The Hall–Kier alpha value is -4.49. The Morgan fingerprint density at radius 1 is 0.959 bits per heavy atom. The lowest BCUT2D eigenvalue weighted by atomic mass is 9.85. The number of benzene rings is 1. The number of hydrogen-bond donors (Lipinski definition) is 4. The smallest absolute Gasteiger partial charge is 0.407 e. The topological polar surface area (TPSA) is 183 Å². The van der Waals surface area contributed by atoms with E-state index in [1.54, 1.807) is 72.1 Å². The molecule has 1 aliphatic rings. The number of amides is 6. The van der Waals surface area contributed by atoms with Crippen LogP contribution in [-0.4, -0.2) is 103 Å². The highest BCUT2D eigenvalue weighted by atomic mass is 16.5. The van der Waals surface area contributed by atoms with Gasteiger partial charge < -0.3 is 35.8 Å². The summed E-state index contributed by atoms with van der Waals surface area (Å²) in [7, 11) is 3.11. The maximum atomic E-state index is 13.9. The van der Waals surface area contributed by atoms with Crippen molar-refractivity contribution in [3.63, 3.8) is 0 Å². The van der Waals surface area contributed by atoms with Gasteiger partial charge in [0.05, 0.1) is 19.2 Å². The molecule has 14 heteroatoms. The second kappa shape index (κ2) is 18.3. The molecule has 1 aromatic carbocycles. The van der Waals surface area contributed by atoms with E-state index in [-0.39, 0.29) is 30.9 Å². The molecular formula is C35H54N6O8. The molecule has 1 aliphatic heterocycles. The van der Waals surface area contributed by atoms with Crippen molar-refractivity contribution < 1.29 is 38.3 Å². The molecule has 14 nitrogen and oxygen atoms in total. The van der Waals surface area contributed by atoms with Crippen LogP contribution in [0.15, 0.2) is 30.3 Å². The van der Waals surface area contributed by atoms with Gasteiger partial charge in [-0.3, -0.25) is 28.8 Å². The molecule has 49 heavy (non-hydrogen) atoms. The molecule has 0 spiro atoms. The molecule has 2 rings (SSSR count). The number of likely N-dealkylation sites (tertiary alicyclic amines) is 1. The van der Waals surface area contributed by atoms with Crippen LogP contribution in [0.1, 0.15) is 85.8 Å². The van der Waals surface area contributed by atoms with Gasteiger partial charge in [0, 0.05) is 20.1 Å². The van der Waals surface area contributed by atoms with Crippen molar-refractivity contribution in [2.75, 3.05) is 27.2 Å². The highest BCUT2D eigenvalue weighted by Gasteiger charge is 2.45. The lowest BCUT2D eigenvalue weighted by Gasteiger charge is -2.37. The standard InChI is InChI=1S/C35H54N6O8/c1-10-14-24(28(43)31(45)36-19-26(42)38-27(32(46)40(8)9)23-15-12-11-13-16-23)37-30(44)25-18-17-22(4)41(25)33(47)29(35(5,6)7)39-34(48)49-20-21(2)3/h11-13,15-16,21-22,24-25,27,29H,10,14,17-20H2,1-9H3,(H,36,45)(H,37,44)(H,38,42)(H,39,48). The van der Waals surface area contributed by atoms with E-state index in [9.17, 15) is 33.6 Å². The third-order valence-corrected chi connectivity index (χ3v) is 8.12. The number of carbonyl (C=O) groups excluding carboxylic acids is 7. The van der Waals surface area contributed by atoms with Crippen molar-refractivity contribution in [2.45, 2.75) is 104 Å². The van der Waals surface area contributed by atoms with Gasteiger partial charge in [-0.25, -0.2) is 4.79 Å². The zero-order valence-corrected chi connectivity index (χ0v) is 30.3. The number of nitrogens with one attached hydrogen (secondary N) is 4. The summed E-state index contributed by atoms with van der Waals surface area (Å²) in [5.41, 5.74) is -0.171. The minimum absolute atomic E-state index is 0.102. The summed E-state index contributed by atoms with van der Waals surface area (Å²) < 4.78 is 5.25. The van der Waals surface area contributed by atoms with Gasteiger partial charge in [-0.15, -0.1) is 0 Å². The first-order valence-corrected chi connectivity index (χ1v) is 16.8. The Morgan fingerprint density at radius 2 is 1.59 bits per heavy atom. The molecule has 5 unspecified atom stereocenters. The van der Waals surface area contributed by atoms with E-state index >= 15 is 0 Å². The second-order valence-electron chi connectivity index (χ2n) is 14.2. The fourth-order valence-corrected chi connectivity index (χ4v) is 5.45. The van der Waals surface area contributed by atoms with E-state index in [0.717, 1.165) is 0 Å². The minimum atomic E-state index is -1.21. The van der Waals surface area contributed by atoms with Gasteiger partial charge in [-0.2, -0.15) is 0 Å². The number of ether oxygens (including phenoxy) is 1.